The number of ether oxygens (including phenoxy) is 1. The molecular weight excluding hydrogens is 223 g/mol. The third-order valence-electron chi connectivity index (χ3n) is 1.31. The van der Waals surface area contributed by atoms with Crippen LogP contribution in [0.5, 0.6) is 11.5 Å². The molecule has 0 fully saturated rings. The van der Waals surface area contributed by atoms with Gasteiger partial charge in [0.2, 0.25) is 0 Å². The lowest BCUT2D eigenvalue weighted by Gasteiger charge is -2.07. The van der Waals surface area contributed by atoms with E-state index >= 15 is 0 Å². The van der Waals surface area contributed by atoms with Gasteiger partial charge in [0.15, 0.2) is 0 Å². The Hall–Kier alpha value is -1.36. The Kier molecular flexibility index (Phi) is 3.47. The maximum Gasteiger partial charge on any atom is 0.524 e. The van der Waals surface area contributed by atoms with E-state index in [9.17, 15) is 9.36 Å². The summed E-state index contributed by atoms with van der Waals surface area (Å²) < 4.78 is 19.4. The molecule has 2 N–H and O–H groups in total. The molecule has 0 bridgehead atoms. The molecule has 0 spiro atoms. The lowest BCUT2D eigenvalue weighted by Crippen LogP contribution is -2.00. The zero-order chi connectivity index (χ0) is 11.5. The molecule has 1 aromatic rings. The van der Waals surface area contributed by atoms with Crippen molar-refractivity contribution in [3.05, 3.63) is 24.3 Å². The molecule has 0 heterocycles. The van der Waals surface area contributed by atoms with Gasteiger partial charge >= 0.3 is 13.8 Å². The molecule has 0 aliphatic rings. The van der Waals surface area contributed by atoms with Crippen LogP contribution in [0.25, 0.3) is 0 Å². The quantitative estimate of drug-likeness (QED) is 0.460. The van der Waals surface area contributed by atoms with Crippen LogP contribution in [0.2, 0.25) is 0 Å². The second-order valence-electron chi connectivity index (χ2n) is 2.65. The number of benzene rings is 1. The summed E-state index contributed by atoms with van der Waals surface area (Å²) >= 11 is 0. The summed E-state index contributed by atoms with van der Waals surface area (Å²) in [7, 11) is -4.54. The number of carbonyl (C=O) groups excluding carboxylic acids is 1. The second kappa shape index (κ2) is 4.44. The first-order valence-electron chi connectivity index (χ1n) is 3.90. The van der Waals surface area contributed by atoms with Gasteiger partial charge in [-0.3, -0.25) is 14.6 Å². The van der Waals surface area contributed by atoms with Crippen LogP contribution in [0, 0.1) is 0 Å². The van der Waals surface area contributed by atoms with Gasteiger partial charge in [-0.2, -0.15) is 0 Å². The van der Waals surface area contributed by atoms with Crippen molar-refractivity contribution in [1.82, 2.24) is 0 Å². The van der Waals surface area contributed by atoms with Crippen molar-refractivity contribution in [3.63, 3.8) is 0 Å². The van der Waals surface area contributed by atoms with Crippen LogP contribution in [0.4, 0.5) is 0 Å². The summed E-state index contributed by atoms with van der Waals surface area (Å²) in [5.41, 5.74) is 0. The molecule has 1 rings (SSSR count). The molecule has 0 aliphatic heterocycles. The Bertz CT molecular complexity index is 392. The van der Waals surface area contributed by atoms with Crippen molar-refractivity contribution in [3.8, 4) is 11.5 Å². The molecule has 0 saturated heterocycles. The lowest BCUT2D eigenvalue weighted by molar-refractivity contribution is -0.131. The smallest absolute Gasteiger partial charge is 0.427 e. The maximum absolute atomic E-state index is 10.5. The average molecular weight is 232 g/mol. The number of phosphoric ester groups is 1. The number of esters is 1. The molecule has 0 atom stereocenters. The minimum atomic E-state index is -4.54. The third-order valence-corrected chi connectivity index (χ3v) is 1.76. The minimum absolute atomic E-state index is 0.000708. The van der Waals surface area contributed by atoms with Crippen molar-refractivity contribution in [2.75, 3.05) is 0 Å². The van der Waals surface area contributed by atoms with Gasteiger partial charge < -0.3 is 9.26 Å². The van der Waals surface area contributed by atoms with Gasteiger partial charge in [-0.05, 0) is 24.3 Å². The van der Waals surface area contributed by atoms with Crippen molar-refractivity contribution < 1.29 is 28.4 Å². The van der Waals surface area contributed by atoms with E-state index in [1.807, 2.05) is 0 Å². The number of carbonyl (C=O) groups is 1. The van der Waals surface area contributed by atoms with E-state index in [0.717, 1.165) is 0 Å². The van der Waals surface area contributed by atoms with Gasteiger partial charge in [0.05, 0.1) is 0 Å². The van der Waals surface area contributed by atoms with E-state index in [4.69, 9.17) is 14.5 Å². The van der Waals surface area contributed by atoms with E-state index in [0.29, 0.717) is 0 Å². The van der Waals surface area contributed by atoms with Gasteiger partial charge in [-0.1, -0.05) is 0 Å². The predicted octanol–water partition coefficient (Wildman–Crippen LogP) is 1.08. The maximum atomic E-state index is 10.5. The molecule has 0 aromatic heterocycles. The molecule has 0 saturated carbocycles. The van der Waals surface area contributed by atoms with Crippen LogP contribution in [0.1, 0.15) is 6.92 Å². The fraction of sp³-hybridized carbons (Fsp3) is 0.125. The topological polar surface area (TPSA) is 93.1 Å². The van der Waals surface area contributed by atoms with E-state index < -0.39 is 13.8 Å². The van der Waals surface area contributed by atoms with Gasteiger partial charge in [-0.15, -0.1) is 0 Å². The van der Waals surface area contributed by atoms with Crippen LogP contribution < -0.4 is 9.26 Å². The van der Waals surface area contributed by atoms with Crippen LogP contribution >= 0.6 is 7.82 Å². The molecule has 6 nitrogen and oxygen atoms in total. The predicted molar refractivity (Wildman–Crippen MR) is 50.4 cm³/mol. The molecule has 0 radical (unpaired) electrons. The van der Waals surface area contributed by atoms with Crippen molar-refractivity contribution in [1.29, 1.82) is 0 Å². The molecule has 0 amide bonds. The molecule has 7 heteroatoms. The summed E-state index contributed by atoms with van der Waals surface area (Å²) in [6, 6.07) is 5.31. The van der Waals surface area contributed by atoms with E-state index in [1.54, 1.807) is 0 Å². The highest BCUT2D eigenvalue weighted by Gasteiger charge is 2.15. The van der Waals surface area contributed by atoms with E-state index in [1.165, 1.54) is 31.2 Å². The highest BCUT2D eigenvalue weighted by Crippen LogP contribution is 2.37. The Labute approximate surface area is 85.7 Å². The Morgan fingerprint density at radius 2 is 1.67 bits per heavy atom. The van der Waals surface area contributed by atoms with Gasteiger partial charge in [0, 0.05) is 6.92 Å². The van der Waals surface area contributed by atoms with E-state index in [-0.39, 0.29) is 11.5 Å². The zero-order valence-corrected chi connectivity index (χ0v) is 8.68. The summed E-state index contributed by atoms with van der Waals surface area (Å²) in [5.74, 6) is -0.196. The minimum Gasteiger partial charge on any atom is -0.427 e. The normalized spacial score (nSPS) is 10.9. The summed E-state index contributed by atoms with van der Waals surface area (Å²) in [5, 5.41) is 0. The summed E-state index contributed by atoms with van der Waals surface area (Å²) in [6.45, 7) is 1.25. The van der Waals surface area contributed by atoms with Crippen LogP contribution in [-0.2, 0) is 9.36 Å². The first-order valence-corrected chi connectivity index (χ1v) is 5.43. The van der Waals surface area contributed by atoms with Crippen LogP contribution in [0.15, 0.2) is 24.3 Å². The summed E-state index contributed by atoms with van der Waals surface area (Å²) in [4.78, 5) is 27.5. The number of hydrogen-bond donors (Lipinski definition) is 2. The highest BCUT2D eigenvalue weighted by atomic mass is 31.2. The first-order chi connectivity index (χ1) is 6.87. The fourth-order valence-corrected chi connectivity index (χ4v) is 1.27. The number of hydrogen-bond acceptors (Lipinski definition) is 4. The Morgan fingerprint density at radius 3 is 2.07 bits per heavy atom. The lowest BCUT2D eigenvalue weighted by atomic mass is 10.3. The van der Waals surface area contributed by atoms with Crippen LogP contribution in [0.3, 0.4) is 0 Å². The van der Waals surface area contributed by atoms with E-state index in [2.05, 4.69) is 4.52 Å². The van der Waals surface area contributed by atoms with Gasteiger partial charge in [0.25, 0.3) is 0 Å². The molecular formula is C8H9O6P. The Morgan fingerprint density at radius 1 is 1.20 bits per heavy atom. The summed E-state index contributed by atoms with van der Waals surface area (Å²) in [6.07, 6.45) is 0. The zero-order valence-electron chi connectivity index (χ0n) is 7.78. The fourth-order valence-electron chi connectivity index (χ4n) is 0.872. The molecule has 0 aliphatic carbocycles. The standard InChI is InChI=1S/C8H9O6P/c1-6(9)13-7-2-4-8(5-3-7)14-15(10,11)12/h2-5H,1H3,(H2,10,11,12). The molecule has 82 valence electrons. The third kappa shape index (κ3) is 4.60. The molecule has 1 aromatic carbocycles. The first kappa shape index (κ1) is 11.7. The number of phosphoric acid groups is 1. The highest BCUT2D eigenvalue weighted by molar-refractivity contribution is 7.46. The van der Waals surface area contributed by atoms with Gasteiger partial charge in [-0.25, -0.2) is 4.57 Å². The monoisotopic (exact) mass is 232 g/mol. The van der Waals surface area contributed by atoms with Gasteiger partial charge in [0.1, 0.15) is 11.5 Å². The Balaban J connectivity index is 2.72. The van der Waals surface area contributed by atoms with Crippen molar-refractivity contribution >= 4 is 13.8 Å². The van der Waals surface area contributed by atoms with Crippen LogP contribution in [-0.4, -0.2) is 15.8 Å². The SMILES string of the molecule is CC(=O)Oc1ccc(OP(=O)(O)O)cc1. The van der Waals surface area contributed by atoms with Crippen molar-refractivity contribution in [2.45, 2.75) is 6.92 Å². The number of rotatable bonds is 3. The molecule has 15 heavy (non-hydrogen) atoms. The van der Waals surface area contributed by atoms with Crippen molar-refractivity contribution in [2.24, 2.45) is 0 Å². The molecule has 0 unspecified atom stereocenters. The largest absolute Gasteiger partial charge is 0.524 e. The second-order valence-corrected chi connectivity index (χ2v) is 3.81. The average Bonchev–Trinajstić information content (AvgIpc) is 2.05.